The minimum atomic E-state index is -0.415. The average Bonchev–Trinajstić information content (AvgIpc) is 2.76. The van der Waals surface area contributed by atoms with E-state index in [0.717, 1.165) is 0 Å². The van der Waals surface area contributed by atoms with E-state index in [2.05, 4.69) is 0 Å². The first-order chi connectivity index (χ1) is 8.13. The lowest BCUT2D eigenvalue weighted by Gasteiger charge is -2.20. The molecule has 0 N–H and O–H groups in total. The van der Waals surface area contributed by atoms with Gasteiger partial charge in [0.25, 0.3) is 0 Å². The van der Waals surface area contributed by atoms with Gasteiger partial charge in [-0.3, -0.25) is 4.79 Å². The molecule has 1 saturated carbocycles. The Labute approximate surface area is 109 Å². The monoisotopic (exact) mass is 251 g/mol. The van der Waals surface area contributed by atoms with E-state index in [-0.39, 0.29) is 29.0 Å². The van der Waals surface area contributed by atoms with Crippen LogP contribution in [0.2, 0.25) is 0 Å². The molecule has 0 bridgehead atoms. The Morgan fingerprint density at radius 3 is 2.33 bits per heavy atom. The maximum atomic E-state index is 11.6. The van der Waals surface area contributed by atoms with Crippen molar-refractivity contribution in [2.75, 3.05) is 7.11 Å². The molecule has 0 aromatic heterocycles. The van der Waals surface area contributed by atoms with Crippen molar-refractivity contribution in [2.24, 2.45) is 17.3 Å². The van der Waals surface area contributed by atoms with E-state index < -0.39 is 5.60 Å². The molecule has 1 fully saturated rings. The summed E-state index contributed by atoms with van der Waals surface area (Å²) in [4.78, 5) is 11.6. The van der Waals surface area contributed by atoms with Gasteiger partial charge < -0.3 is 9.47 Å². The molecule has 0 saturated heterocycles. The summed E-state index contributed by atoms with van der Waals surface area (Å²) < 4.78 is 10.3. The van der Waals surface area contributed by atoms with E-state index in [1.165, 1.54) is 7.11 Å². The van der Waals surface area contributed by atoms with Crippen molar-refractivity contribution in [1.29, 1.82) is 5.26 Å². The Bertz CT molecular complexity index is 410. The van der Waals surface area contributed by atoms with Gasteiger partial charge in [-0.25, -0.2) is 0 Å². The molecule has 2 atom stereocenters. The molecule has 4 heteroatoms. The highest BCUT2D eigenvalue weighted by molar-refractivity contribution is 5.78. The van der Waals surface area contributed by atoms with Crippen LogP contribution in [0.3, 0.4) is 0 Å². The summed E-state index contributed by atoms with van der Waals surface area (Å²) in [6.07, 6.45) is 1.74. The smallest absolute Gasteiger partial charge is 0.309 e. The highest BCUT2D eigenvalue weighted by atomic mass is 16.5. The van der Waals surface area contributed by atoms with Crippen LogP contribution in [0.25, 0.3) is 0 Å². The SMILES string of the molecule is COC(=O)[C@@H]1[C@@H](C=C(C#N)OC(C)(C)C)C1(C)C. The molecule has 0 aliphatic heterocycles. The van der Waals surface area contributed by atoms with E-state index in [1.54, 1.807) is 6.08 Å². The molecule has 1 aliphatic rings. The Hall–Kier alpha value is -1.50. The van der Waals surface area contributed by atoms with Crippen LogP contribution < -0.4 is 0 Å². The van der Waals surface area contributed by atoms with Crippen LogP contribution >= 0.6 is 0 Å². The number of nitriles is 1. The molecule has 18 heavy (non-hydrogen) atoms. The van der Waals surface area contributed by atoms with Gasteiger partial charge in [-0.05, 0) is 32.3 Å². The number of nitrogens with zero attached hydrogens (tertiary/aromatic N) is 1. The molecule has 0 radical (unpaired) electrons. The molecule has 0 aromatic rings. The number of ether oxygens (including phenoxy) is 2. The molecule has 1 rings (SSSR count). The van der Waals surface area contributed by atoms with Crippen LogP contribution in [-0.4, -0.2) is 18.7 Å². The fourth-order valence-corrected chi connectivity index (χ4v) is 2.15. The van der Waals surface area contributed by atoms with Gasteiger partial charge in [0.05, 0.1) is 13.0 Å². The largest absolute Gasteiger partial charge is 0.478 e. The van der Waals surface area contributed by atoms with Gasteiger partial charge in [0.15, 0.2) is 5.76 Å². The Morgan fingerprint density at radius 1 is 1.39 bits per heavy atom. The van der Waals surface area contributed by atoms with Crippen molar-refractivity contribution in [3.8, 4) is 6.07 Å². The van der Waals surface area contributed by atoms with Gasteiger partial charge in [-0.2, -0.15) is 5.26 Å². The summed E-state index contributed by atoms with van der Waals surface area (Å²) >= 11 is 0. The summed E-state index contributed by atoms with van der Waals surface area (Å²) in [5, 5.41) is 9.06. The van der Waals surface area contributed by atoms with E-state index >= 15 is 0 Å². The molecular formula is C14H21NO3. The van der Waals surface area contributed by atoms with Gasteiger partial charge in [0.2, 0.25) is 0 Å². The minimum absolute atomic E-state index is 0.00181. The highest BCUT2D eigenvalue weighted by Crippen LogP contribution is 2.59. The van der Waals surface area contributed by atoms with Gasteiger partial charge in [0, 0.05) is 5.92 Å². The zero-order valence-corrected chi connectivity index (χ0v) is 11.9. The van der Waals surface area contributed by atoms with Crippen LogP contribution in [-0.2, 0) is 14.3 Å². The zero-order chi connectivity index (χ0) is 14.1. The highest BCUT2D eigenvalue weighted by Gasteiger charge is 2.61. The predicted molar refractivity (Wildman–Crippen MR) is 67.3 cm³/mol. The van der Waals surface area contributed by atoms with Crippen molar-refractivity contribution in [3.63, 3.8) is 0 Å². The van der Waals surface area contributed by atoms with E-state index in [9.17, 15) is 4.79 Å². The van der Waals surface area contributed by atoms with Crippen LogP contribution in [0, 0.1) is 28.6 Å². The number of hydrogen-bond donors (Lipinski definition) is 0. The Morgan fingerprint density at radius 2 is 1.94 bits per heavy atom. The second-order valence-corrected chi connectivity index (χ2v) is 6.21. The summed E-state index contributed by atoms with van der Waals surface area (Å²) in [6.45, 7) is 9.62. The molecule has 0 heterocycles. The van der Waals surface area contributed by atoms with Gasteiger partial charge >= 0.3 is 5.97 Å². The fourth-order valence-electron chi connectivity index (χ4n) is 2.15. The first kappa shape index (κ1) is 14.6. The molecule has 4 nitrogen and oxygen atoms in total. The number of methoxy groups -OCH3 is 1. The normalized spacial score (nSPS) is 26.2. The first-order valence-corrected chi connectivity index (χ1v) is 6.02. The molecule has 0 amide bonds. The Balaban J connectivity index is 2.84. The molecule has 0 spiro atoms. The predicted octanol–water partition coefficient (Wildman–Crippen LogP) is 2.65. The fraction of sp³-hybridized carbons (Fsp3) is 0.714. The number of rotatable bonds is 3. The van der Waals surface area contributed by atoms with Gasteiger partial charge in [-0.15, -0.1) is 0 Å². The lowest BCUT2D eigenvalue weighted by molar-refractivity contribution is -0.143. The van der Waals surface area contributed by atoms with Crippen LogP contribution in [0.15, 0.2) is 11.8 Å². The third-order valence-corrected chi connectivity index (χ3v) is 3.22. The third-order valence-electron chi connectivity index (χ3n) is 3.22. The second kappa shape index (κ2) is 4.64. The maximum absolute atomic E-state index is 11.6. The van der Waals surface area contributed by atoms with Crippen molar-refractivity contribution >= 4 is 5.97 Å². The topological polar surface area (TPSA) is 59.3 Å². The number of allylic oxidation sites excluding steroid dienone is 2. The number of carbonyl (C=O) groups is 1. The van der Waals surface area contributed by atoms with Crippen molar-refractivity contribution in [3.05, 3.63) is 11.8 Å². The van der Waals surface area contributed by atoms with E-state index in [4.69, 9.17) is 14.7 Å². The summed E-state index contributed by atoms with van der Waals surface area (Å²) in [7, 11) is 1.38. The molecule has 1 aliphatic carbocycles. The lowest BCUT2D eigenvalue weighted by atomic mass is 10.1. The minimum Gasteiger partial charge on any atom is -0.478 e. The van der Waals surface area contributed by atoms with Gasteiger partial charge in [-0.1, -0.05) is 13.8 Å². The van der Waals surface area contributed by atoms with Crippen LogP contribution in [0.1, 0.15) is 34.6 Å². The second-order valence-electron chi connectivity index (χ2n) is 6.21. The quantitative estimate of drug-likeness (QED) is 0.439. The Kier molecular flexibility index (Phi) is 3.75. The molecule has 0 aromatic carbocycles. The average molecular weight is 251 g/mol. The maximum Gasteiger partial charge on any atom is 0.309 e. The molecular weight excluding hydrogens is 230 g/mol. The van der Waals surface area contributed by atoms with Crippen molar-refractivity contribution in [1.82, 2.24) is 0 Å². The summed E-state index contributed by atoms with van der Waals surface area (Å²) in [5.41, 5.74) is -0.586. The first-order valence-electron chi connectivity index (χ1n) is 6.02. The molecule has 0 unspecified atom stereocenters. The van der Waals surface area contributed by atoms with Gasteiger partial charge in [0.1, 0.15) is 11.7 Å². The van der Waals surface area contributed by atoms with Crippen molar-refractivity contribution < 1.29 is 14.3 Å². The summed E-state index contributed by atoms with van der Waals surface area (Å²) in [6, 6.07) is 2.03. The third kappa shape index (κ3) is 3.04. The standard InChI is InChI=1S/C14H21NO3/c1-13(2,3)18-9(8-15)7-10-11(12(16)17-6)14(10,4)5/h7,10-11H,1-6H3/t10-,11+/m1/s1. The van der Waals surface area contributed by atoms with E-state index in [0.29, 0.717) is 0 Å². The number of hydrogen-bond acceptors (Lipinski definition) is 4. The summed E-state index contributed by atoms with van der Waals surface area (Å²) in [5.74, 6) is -0.141. The van der Waals surface area contributed by atoms with E-state index in [1.807, 2.05) is 40.7 Å². The molecule has 100 valence electrons. The number of esters is 1. The van der Waals surface area contributed by atoms with Crippen LogP contribution in [0.5, 0.6) is 0 Å². The zero-order valence-electron chi connectivity index (χ0n) is 11.9. The number of carbonyl (C=O) groups excluding carboxylic acids is 1. The van der Waals surface area contributed by atoms with Crippen molar-refractivity contribution in [2.45, 2.75) is 40.2 Å². The van der Waals surface area contributed by atoms with Crippen LogP contribution in [0.4, 0.5) is 0 Å². The lowest BCUT2D eigenvalue weighted by Crippen LogP contribution is -2.18.